The van der Waals surface area contributed by atoms with Gasteiger partial charge in [0.1, 0.15) is 0 Å². The molecule has 0 saturated carbocycles. The molecule has 2 aromatic heterocycles. The molecule has 3 heterocycles. The summed E-state index contributed by atoms with van der Waals surface area (Å²) in [4.78, 5) is 23.5. The van der Waals surface area contributed by atoms with Gasteiger partial charge < -0.3 is 9.88 Å². The number of piperidine rings is 1. The summed E-state index contributed by atoms with van der Waals surface area (Å²) in [7, 11) is 0. The summed E-state index contributed by atoms with van der Waals surface area (Å²) in [5.41, 5.74) is 2.80. The molecule has 0 spiro atoms. The molecule has 7 heteroatoms. The van der Waals surface area contributed by atoms with Gasteiger partial charge in [-0.1, -0.05) is 12.1 Å². The fourth-order valence-corrected chi connectivity index (χ4v) is 4.41. The van der Waals surface area contributed by atoms with Crippen molar-refractivity contribution in [1.29, 1.82) is 0 Å². The number of carbonyl (C=O) groups is 1. The van der Waals surface area contributed by atoms with Crippen LogP contribution in [0.1, 0.15) is 17.8 Å². The maximum Gasteiger partial charge on any atom is 0.238 e. The second-order valence-electron chi connectivity index (χ2n) is 7.38. The van der Waals surface area contributed by atoms with Gasteiger partial charge in [0.05, 0.1) is 23.6 Å². The van der Waals surface area contributed by atoms with Gasteiger partial charge >= 0.3 is 0 Å². The van der Waals surface area contributed by atoms with Crippen LogP contribution in [-0.4, -0.2) is 45.0 Å². The van der Waals surface area contributed by atoms with Crippen LogP contribution in [0.4, 0.5) is 5.69 Å². The van der Waals surface area contributed by atoms with E-state index < -0.39 is 0 Å². The van der Waals surface area contributed by atoms with Crippen LogP contribution in [0.25, 0.3) is 11.3 Å². The first-order valence-corrected chi connectivity index (χ1v) is 10.5. The van der Waals surface area contributed by atoms with E-state index in [0.717, 1.165) is 48.0 Å². The molecular weight excluding hydrogens is 370 g/mol. The number of aryl methyl sites for hydroxylation is 1. The predicted molar refractivity (Wildman–Crippen MR) is 112 cm³/mol. The molecule has 28 heavy (non-hydrogen) atoms. The van der Waals surface area contributed by atoms with Crippen LogP contribution in [-0.2, 0) is 11.3 Å². The first kappa shape index (κ1) is 18.8. The molecule has 1 aliphatic rings. The van der Waals surface area contributed by atoms with Gasteiger partial charge in [-0.3, -0.25) is 9.69 Å². The predicted octanol–water partition coefficient (Wildman–Crippen LogP) is 3.67. The molecule has 6 nitrogen and oxygen atoms in total. The molecule has 1 fully saturated rings. The van der Waals surface area contributed by atoms with E-state index in [1.807, 2.05) is 55.3 Å². The van der Waals surface area contributed by atoms with Crippen LogP contribution < -0.4 is 5.32 Å². The molecule has 0 bridgehead atoms. The number of carbonyl (C=O) groups excluding carboxylic acids is 1. The number of benzene rings is 1. The summed E-state index contributed by atoms with van der Waals surface area (Å²) < 4.78 is 2.12. The molecule has 3 aromatic rings. The van der Waals surface area contributed by atoms with Crippen molar-refractivity contribution in [1.82, 2.24) is 19.4 Å². The molecule has 1 saturated heterocycles. The van der Waals surface area contributed by atoms with E-state index in [-0.39, 0.29) is 5.91 Å². The van der Waals surface area contributed by atoms with Gasteiger partial charge in [0.15, 0.2) is 0 Å². The zero-order valence-corrected chi connectivity index (χ0v) is 16.9. The second-order valence-corrected chi connectivity index (χ2v) is 8.45. The quantitative estimate of drug-likeness (QED) is 0.692. The first-order chi connectivity index (χ1) is 13.7. The number of rotatable bonds is 6. The number of imidazole rings is 1. The second kappa shape index (κ2) is 8.67. The minimum absolute atomic E-state index is 0.0369. The maximum atomic E-state index is 12.6. The Balaban J connectivity index is 1.32. The van der Waals surface area contributed by atoms with Gasteiger partial charge in [-0.05, 0) is 44.4 Å². The Morgan fingerprint density at radius 3 is 3.11 bits per heavy atom. The maximum absolute atomic E-state index is 12.6. The number of thiazole rings is 1. The highest BCUT2D eigenvalue weighted by Crippen LogP contribution is 2.24. The van der Waals surface area contributed by atoms with E-state index in [1.54, 1.807) is 11.3 Å². The van der Waals surface area contributed by atoms with Gasteiger partial charge in [0.2, 0.25) is 5.91 Å². The zero-order valence-electron chi connectivity index (χ0n) is 16.0. The van der Waals surface area contributed by atoms with Crippen molar-refractivity contribution in [2.75, 3.05) is 25.0 Å². The summed E-state index contributed by atoms with van der Waals surface area (Å²) in [6.07, 6.45) is 8.01. The van der Waals surface area contributed by atoms with Gasteiger partial charge in [-0.15, -0.1) is 11.3 Å². The minimum Gasteiger partial charge on any atom is -0.337 e. The number of nitrogens with one attached hydrogen (secondary N) is 1. The van der Waals surface area contributed by atoms with Gasteiger partial charge in [0.25, 0.3) is 0 Å². The molecule has 1 aliphatic heterocycles. The van der Waals surface area contributed by atoms with E-state index in [2.05, 4.69) is 24.8 Å². The van der Waals surface area contributed by atoms with Gasteiger partial charge in [-0.2, -0.15) is 0 Å². The van der Waals surface area contributed by atoms with Crippen molar-refractivity contribution in [2.45, 2.75) is 26.3 Å². The average molecular weight is 396 g/mol. The molecule has 0 radical (unpaired) electrons. The van der Waals surface area contributed by atoms with Crippen LogP contribution in [0.3, 0.4) is 0 Å². The van der Waals surface area contributed by atoms with E-state index >= 15 is 0 Å². The summed E-state index contributed by atoms with van der Waals surface area (Å²) in [5.74, 6) is 0.599. The molecule has 146 valence electrons. The SMILES string of the molecule is Cc1nc(-c2cccc(NC(=O)CN3CCCC(Cn4ccnc4)C3)c2)cs1. The highest BCUT2D eigenvalue weighted by Gasteiger charge is 2.22. The fourth-order valence-electron chi connectivity index (χ4n) is 3.79. The highest BCUT2D eigenvalue weighted by atomic mass is 32.1. The van der Waals surface area contributed by atoms with E-state index in [1.165, 1.54) is 6.42 Å². The Bertz CT molecular complexity index is 921. The third-order valence-electron chi connectivity index (χ3n) is 5.06. The van der Waals surface area contributed by atoms with Crippen LogP contribution in [0, 0.1) is 12.8 Å². The molecule has 1 aromatic carbocycles. The summed E-state index contributed by atoms with van der Waals surface area (Å²) in [6, 6.07) is 7.90. The molecule has 1 unspecified atom stereocenters. The lowest BCUT2D eigenvalue weighted by atomic mass is 9.98. The lowest BCUT2D eigenvalue weighted by molar-refractivity contribution is -0.117. The van der Waals surface area contributed by atoms with E-state index in [9.17, 15) is 4.79 Å². The Morgan fingerprint density at radius 1 is 1.39 bits per heavy atom. The van der Waals surface area contributed by atoms with Gasteiger partial charge in [-0.25, -0.2) is 9.97 Å². The standard InChI is InChI=1S/C21H25N5OS/c1-16-23-20(14-28-16)18-5-2-6-19(10-18)24-21(27)13-25-8-3-4-17(11-25)12-26-9-7-22-15-26/h2,5-7,9-10,14-15,17H,3-4,8,11-13H2,1H3,(H,24,27). The minimum atomic E-state index is 0.0369. The third kappa shape index (κ3) is 4.85. The van der Waals surface area contributed by atoms with E-state index in [0.29, 0.717) is 12.5 Å². The third-order valence-corrected chi connectivity index (χ3v) is 5.83. The van der Waals surface area contributed by atoms with Gasteiger partial charge in [0, 0.05) is 42.1 Å². The normalized spacial score (nSPS) is 17.5. The molecule has 0 aliphatic carbocycles. The van der Waals surface area contributed by atoms with Crippen LogP contribution in [0.5, 0.6) is 0 Å². The molecule has 1 N–H and O–H groups in total. The van der Waals surface area contributed by atoms with Crippen LogP contribution in [0.15, 0.2) is 48.4 Å². The van der Waals surface area contributed by atoms with Crippen molar-refractivity contribution in [2.24, 2.45) is 5.92 Å². The van der Waals surface area contributed by atoms with Crippen molar-refractivity contribution in [3.63, 3.8) is 0 Å². The number of amides is 1. The Kier molecular flexibility index (Phi) is 5.83. The number of likely N-dealkylation sites (tertiary alicyclic amines) is 1. The highest BCUT2D eigenvalue weighted by molar-refractivity contribution is 7.09. The number of aromatic nitrogens is 3. The topological polar surface area (TPSA) is 63.1 Å². The van der Waals surface area contributed by atoms with E-state index in [4.69, 9.17) is 0 Å². The number of nitrogens with zero attached hydrogens (tertiary/aromatic N) is 4. The molecular formula is C21H25N5OS. The molecule has 1 atom stereocenters. The number of hydrogen-bond donors (Lipinski definition) is 1. The smallest absolute Gasteiger partial charge is 0.238 e. The average Bonchev–Trinajstić information content (AvgIpc) is 3.34. The summed E-state index contributed by atoms with van der Waals surface area (Å²) in [6.45, 7) is 5.32. The Labute approximate surface area is 169 Å². The number of anilines is 1. The lowest BCUT2D eigenvalue weighted by Gasteiger charge is -2.32. The first-order valence-electron chi connectivity index (χ1n) is 9.66. The Morgan fingerprint density at radius 2 is 2.32 bits per heavy atom. The zero-order chi connectivity index (χ0) is 19.3. The monoisotopic (exact) mass is 395 g/mol. The van der Waals surface area contributed by atoms with Crippen LogP contribution >= 0.6 is 11.3 Å². The van der Waals surface area contributed by atoms with Crippen molar-refractivity contribution < 1.29 is 4.79 Å². The Hall–Kier alpha value is -2.51. The summed E-state index contributed by atoms with van der Waals surface area (Å²) in [5, 5.41) is 6.13. The van der Waals surface area contributed by atoms with Crippen molar-refractivity contribution in [3.05, 3.63) is 53.4 Å². The number of hydrogen-bond acceptors (Lipinski definition) is 5. The largest absolute Gasteiger partial charge is 0.337 e. The van der Waals surface area contributed by atoms with Crippen molar-refractivity contribution in [3.8, 4) is 11.3 Å². The van der Waals surface area contributed by atoms with Crippen LogP contribution in [0.2, 0.25) is 0 Å². The molecule has 4 rings (SSSR count). The summed E-state index contributed by atoms with van der Waals surface area (Å²) >= 11 is 1.63. The van der Waals surface area contributed by atoms with Crippen molar-refractivity contribution >= 4 is 22.9 Å². The lowest BCUT2D eigenvalue weighted by Crippen LogP contribution is -2.41. The fraction of sp³-hybridized carbons (Fsp3) is 0.381. The molecule has 1 amide bonds.